The fraction of sp³-hybridized carbons (Fsp3) is 0.481. The van der Waals surface area contributed by atoms with Gasteiger partial charge in [-0.05, 0) is 66.2 Å². The van der Waals surface area contributed by atoms with Gasteiger partial charge < -0.3 is 26.0 Å². The molecule has 0 spiro atoms. The van der Waals surface area contributed by atoms with E-state index in [0.29, 0.717) is 46.4 Å². The Bertz CT molecular complexity index is 1400. The molecule has 6 N–H and O–H groups in total. The molecular weight excluding hydrogens is 609 g/mol. The van der Waals surface area contributed by atoms with Crippen LogP contribution in [0.4, 0.5) is 5.69 Å². The Morgan fingerprint density at radius 1 is 1.25 bits per heavy atom. The second kappa shape index (κ2) is 17.9. The summed E-state index contributed by atoms with van der Waals surface area (Å²) in [4.78, 5) is 20.9. The van der Waals surface area contributed by atoms with Gasteiger partial charge in [0.15, 0.2) is 19.2 Å². The van der Waals surface area contributed by atoms with Crippen molar-refractivity contribution in [3.8, 4) is 11.9 Å². The number of anilines is 1. The molecule has 2 aromatic rings. The average Bonchev–Trinajstić information content (AvgIpc) is 3.57. The van der Waals surface area contributed by atoms with E-state index in [2.05, 4.69) is 41.3 Å². The van der Waals surface area contributed by atoms with E-state index in [1.165, 1.54) is 0 Å². The minimum atomic E-state index is -0.792. The van der Waals surface area contributed by atoms with Gasteiger partial charge in [0.1, 0.15) is 5.75 Å². The van der Waals surface area contributed by atoms with E-state index in [0.717, 1.165) is 12.0 Å². The van der Waals surface area contributed by atoms with Gasteiger partial charge in [-0.3, -0.25) is 15.4 Å². The van der Waals surface area contributed by atoms with Crippen LogP contribution < -0.4 is 31.7 Å². The number of aryl methyl sites for hydroxylation is 1. The van der Waals surface area contributed by atoms with Crippen LogP contribution in [0.15, 0.2) is 46.6 Å². The third-order valence-corrected chi connectivity index (χ3v) is 7.87. The molecule has 4 atom stereocenters. The first-order valence-corrected chi connectivity index (χ1v) is 14.7. The van der Waals surface area contributed by atoms with E-state index in [1.807, 2.05) is 25.2 Å². The maximum atomic E-state index is 13.8. The van der Waals surface area contributed by atoms with E-state index in [9.17, 15) is 10.1 Å². The molecule has 0 aliphatic carbocycles. The molecule has 2 aromatic carbocycles. The second-order valence-electron chi connectivity index (χ2n) is 9.82. The van der Waals surface area contributed by atoms with Gasteiger partial charge >= 0.3 is 0 Å². The molecule has 1 aliphatic heterocycles. The van der Waals surface area contributed by atoms with E-state index < -0.39 is 24.4 Å². The summed E-state index contributed by atoms with van der Waals surface area (Å²) in [6.07, 6.45) is 3.35. The first-order valence-electron chi connectivity index (χ1n) is 14.0. The van der Waals surface area contributed by atoms with Gasteiger partial charge in [-0.2, -0.15) is 5.26 Å². The first kappa shape index (κ1) is 34.4. The summed E-state index contributed by atoms with van der Waals surface area (Å²) in [5.74, 6) is 0.353. The zero-order chi connectivity index (χ0) is 31.9. The van der Waals surface area contributed by atoms with E-state index in [1.54, 1.807) is 29.2 Å². The zero-order valence-electron chi connectivity index (χ0n) is 24.2. The van der Waals surface area contributed by atoms with Crippen LogP contribution in [0.2, 0.25) is 10.0 Å². The van der Waals surface area contributed by atoms with Crippen molar-refractivity contribution < 1.29 is 9.53 Å². The number of amides is 1. The van der Waals surface area contributed by atoms with Crippen LogP contribution in [0, 0.1) is 11.5 Å². The standard InChI is InChI=1S/C27H35Cl2N13O2/c1-2-17-5-7-19(13-24(17)44-16-38-41-33)39-27(36-15-30)35-14-23(25(31)18-6-8-20(28)21(29)12-18)42(11-10-37-40-32)26(43)22-4-3-9-34-22/h5-8,12-13,22-23,25,27,34-36,39H,2-4,9-11,14,16,31H2,1H3/t22-,23?,25?,27?/m1/s1. The van der Waals surface area contributed by atoms with Gasteiger partial charge in [0.25, 0.3) is 0 Å². The lowest BCUT2D eigenvalue weighted by Crippen LogP contribution is -2.58. The minimum Gasteiger partial charge on any atom is -0.487 e. The topological polar surface area (TPSA) is 225 Å². The third kappa shape index (κ3) is 9.70. The largest absolute Gasteiger partial charge is 0.487 e. The van der Waals surface area contributed by atoms with Crippen LogP contribution in [-0.4, -0.2) is 62.1 Å². The Morgan fingerprint density at radius 2 is 2.05 bits per heavy atom. The highest BCUT2D eigenvalue weighted by Crippen LogP contribution is 2.28. The number of rotatable bonds is 17. The fourth-order valence-electron chi connectivity index (χ4n) is 4.91. The number of ether oxygens (including phenoxy) is 1. The van der Waals surface area contributed by atoms with Crippen LogP contribution in [0.5, 0.6) is 5.75 Å². The number of nitrogens with zero attached hydrogens (tertiary/aromatic N) is 8. The SMILES string of the molecule is CCc1ccc(NC(NC#N)NCC(C(N)c2ccc(Cl)c(Cl)c2)N(CCN=[N+]=[N-])C(=O)[C@H]2CCCN2)cc1OCN=[N+]=[N-]. The number of azide groups is 2. The molecule has 15 nitrogen and oxygen atoms in total. The normalized spacial score (nSPS) is 15.9. The Morgan fingerprint density at radius 3 is 2.70 bits per heavy atom. The Hall–Kier alpha value is -4.12. The van der Waals surface area contributed by atoms with E-state index in [4.69, 9.17) is 44.7 Å². The monoisotopic (exact) mass is 643 g/mol. The summed E-state index contributed by atoms with van der Waals surface area (Å²) in [6.45, 7) is 2.80. The molecule has 234 valence electrons. The maximum absolute atomic E-state index is 13.8. The molecular formula is C27H35Cl2N13O2. The predicted octanol–water partition coefficient (Wildman–Crippen LogP) is 4.52. The van der Waals surface area contributed by atoms with Crippen molar-refractivity contribution in [2.45, 2.75) is 50.6 Å². The van der Waals surface area contributed by atoms with Crippen LogP contribution >= 0.6 is 23.2 Å². The highest BCUT2D eigenvalue weighted by atomic mass is 35.5. The van der Waals surface area contributed by atoms with Crippen molar-refractivity contribution in [3.63, 3.8) is 0 Å². The summed E-state index contributed by atoms with van der Waals surface area (Å²) in [5, 5.41) is 29.6. The molecule has 3 unspecified atom stereocenters. The van der Waals surface area contributed by atoms with Gasteiger partial charge in [0.05, 0.1) is 28.2 Å². The number of nitrogens with one attached hydrogen (secondary N) is 4. The van der Waals surface area contributed by atoms with Gasteiger partial charge in [0, 0.05) is 41.2 Å². The van der Waals surface area contributed by atoms with Crippen LogP contribution in [-0.2, 0) is 11.2 Å². The van der Waals surface area contributed by atoms with Gasteiger partial charge in [-0.15, -0.1) is 0 Å². The van der Waals surface area contributed by atoms with Gasteiger partial charge in [-0.25, -0.2) is 0 Å². The number of halogens is 2. The van der Waals surface area contributed by atoms with Gasteiger partial charge in [-0.1, -0.05) is 52.5 Å². The van der Waals surface area contributed by atoms with E-state index in [-0.39, 0.29) is 32.3 Å². The number of carbonyl (C=O) groups excluding carboxylic acids is 1. The third-order valence-electron chi connectivity index (χ3n) is 7.13. The number of benzene rings is 2. The predicted molar refractivity (Wildman–Crippen MR) is 169 cm³/mol. The summed E-state index contributed by atoms with van der Waals surface area (Å²) in [5.41, 5.74) is 26.4. The molecule has 44 heavy (non-hydrogen) atoms. The lowest BCUT2D eigenvalue weighted by atomic mass is 9.97. The lowest BCUT2D eigenvalue weighted by Gasteiger charge is -2.38. The maximum Gasteiger partial charge on any atom is 0.240 e. The lowest BCUT2D eigenvalue weighted by molar-refractivity contribution is -0.135. The number of hydrogen-bond acceptors (Lipinski definition) is 10. The summed E-state index contributed by atoms with van der Waals surface area (Å²) in [7, 11) is 0. The molecule has 1 amide bonds. The highest BCUT2D eigenvalue weighted by Gasteiger charge is 2.35. The van der Waals surface area contributed by atoms with Crippen LogP contribution in [0.3, 0.4) is 0 Å². The minimum absolute atomic E-state index is 0.0417. The number of nitriles is 1. The zero-order valence-corrected chi connectivity index (χ0v) is 25.7. The number of hydrogen-bond donors (Lipinski definition) is 5. The average molecular weight is 645 g/mol. The van der Waals surface area contributed by atoms with E-state index >= 15 is 0 Å². The van der Waals surface area contributed by atoms with Gasteiger partial charge in [0.2, 0.25) is 5.91 Å². The molecule has 0 aromatic heterocycles. The fourth-order valence-corrected chi connectivity index (χ4v) is 5.21. The van der Waals surface area contributed by atoms with Crippen molar-refractivity contribution in [1.29, 1.82) is 5.26 Å². The first-order chi connectivity index (χ1) is 21.3. The summed E-state index contributed by atoms with van der Waals surface area (Å²) in [6, 6.07) is 8.66. The molecule has 0 saturated carbocycles. The molecule has 1 saturated heterocycles. The number of nitrogens with two attached hydrogens (primary N) is 1. The molecule has 0 bridgehead atoms. The molecule has 0 radical (unpaired) electrons. The quantitative estimate of drug-likeness (QED) is 0.0410. The van der Waals surface area contributed by atoms with Crippen molar-refractivity contribution in [3.05, 3.63) is 78.5 Å². The van der Waals surface area contributed by atoms with Crippen LogP contribution in [0.1, 0.15) is 36.9 Å². The second-order valence-corrected chi connectivity index (χ2v) is 10.6. The Kier molecular flexibility index (Phi) is 14.0. The molecule has 1 aliphatic rings. The highest BCUT2D eigenvalue weighted by molar-refractivity contribution is 6.42. The molecule has 1 heterocycles. The summed E-state index contributed by atoms with van der Waals surface area (Å²) >= 11 is 12.5. The number of carbonyl (C=O) groups is 1. The van der Waals surface area contributed by atoms with Crippen molar-refractivity contribution >= 4 is 34.8 Å². The Balaban J connectivity index is 1.91. The molecule has 17 heteroatoms. The molecule has 1 fully saturated rings. The van der Waals surface area contributed by atoms with Crippen molar-refractivity contribution in [2.24, 2.45) is 16.0 Å². The molecule has 3 rings (SSSR count). The summed E-state index contributed by atoms with van der Waals surface area (Å²) < 4.78 is 5.61. The smallest absolute Gasteiger partial charge is 0.240 e. The Labute approximate surface area is 265 Å². The van der Waals surface area contributed by atoms with Crippen molar-refractivity contribution in [1.82, 2.24) is 20.9 Å². The van der Waals surface area contributed by atoms with Crippen LogP contribution in [0.25, 0.3) is 20.9 Å². The van der Waals surface area contributed by atoms with Crippen molar-refractivity contribution in [2.75, 3.05) is 38.2 Å².